The minimum Gasteiger partial charge on any atom is -0.207 e. The molecule has 0 amide bonds. The molecule has 2 rings (SSSR count). The summed E-state index contributed by atoms with van der Waals surface area (Å²) in [4.78, 5) is 0.422. The predicted molar refractivity (Wildman–Crippen MR) is 78.9 cm³/mol. The van der Waals surface area contributed by atoms with E-state index >= 15 is 0 Å². The van der Waals surface area contributed by atoms with E-state index in [4.69, 9.17) is 5.26 Å². The van der Waals surface area contributed by atoms with E-state index in [1.165, 1.54) is 6.07 Å². The van der Waals surface area contributed by atoms with E-state index in [-0.39, 0.29) is 10.3 Å². The molecule has 2 atom stereocenters. The minimum absolute atomic E-state index is 0.0174. The number of hydrogen-bond acceptors (Lipinski definition) is 5. The Labute approximate surface area is 122 Å². The summed E-state index contributed by atoms with van der Waals surface area (Å²) in [5.74, 6) is 0. The zero-order chi connectivity index (χ0) is 13.9. The van der Waals surface area contributed by atoms with Gasteiger partial charge in [0.15, 0.2) is 0 Å². The van der Waals surface area contributed by atoms with Crippen molar-refractivity contribution in [3.05, 3.63) is 17.0 Å². The number of nitrogens with one attached hydrogen (secondary N) is 1. The maximum absolute atomic E-state index is 12.2. The molecule has 104 valence electrons. The van der Waals surface area contributed by atoms with Crippen LogP contribution in [0.4, 0.5) is 0 Å². The van der Waals surface area contributed by atoms with Crippen LogP contribution in [0.3, 0.4) is 0 Å². The van der Waals surface area contributed by atoms with E-state index in [1.807, 2.05) is 6.07 Å². The van der Waals surface area contributed by atoms with Gasteiger partial charge in [0, 0.05) is 11.3 Å². The van der Waals surface area contributed by atoms with Gasteiger partial charge in [-0.05, 0) is 37.7 Å². The number of sulfonamides is 1. The zero-order valence-electron chi connectivity index (χ0n) is 10.6. The van der Waals surface area contributed by atoms with Crippen LogP contribution < -0.4 is 4.72 Å². The van der Waals surface area contributed by atoms with Gasteiger partial charge in [-0.25, -0.2) is 13.1 Å². The molecular weight excluding hydrogens is 300 g/mol. The standard InChI is InChI=1S/C12H16N2O2S3/c1-17-10-4-2-3-9(7-10)14-19(15,16)12-6-5-11(8-13)18-12/h5-6,9-10,14H,2-4,7H2,1H3. The Balaban J connectivity index is 2.07. The highest BCUT2D eigenvalue weighted by Gasteiger charge is 2.26. The molecule has 1 fully saturated rings. The number of thiophene rings is 1. The molecule has 1 aromatic heterocycles. The fourth-order valence-corrected chi connectivity index (χ4v) is 5.50. The molecule has 4 nitrogen and oxygen atoms in total. The van der Waals surface area contributed by atoms with E-state index in [1.54, 1.807) is 17.8 Å². The minimum atomic E-state index is -3.47. The average Bonchev–Trinajstić information content (AvgIpc) is 2.88. The molecule has 19 heavy (non-hydrogen) atoms. The number of rotatable bonds is 4. The van der Waals surface area contributed by atoms with Crippen LogP contribution >= 0.6 is 23.1 Å². The van der Waals surface area contributed by atoms with Gasteiger partial charge in [-0.1, -0.05) is 6.42 Å². The Hall–Kier alpha value is -0.550. The summed E-state index contributed by atoms with van der Waals surface area (Å²) in [6.45, 7) is 0. The molecule has 0 aliphatic heterocycles. The van der Waals surface area contributed by atoms with Crippen LogP contribution in [0.25, 0.3) is 0 Å². The largest absolute Gasteiger partial charge is 0.250 e. The highest BCUT2D eigenvalue weighted by atomic mass is 32.2. The second kappa shape index (κ2) is 6.27. The summed E-state index contributed by atoms with van der Waals surface area (Å²) in [6, 6.07) is 5.03. The van der Waals surface area contributed by atoms with E-state index in [2.05, 4.69) is 11.0 Å². The van der Waals surface area contributed by atoms with Gasteiger partial charge < -0.3 is 0 Å². The highest BCUT2D eigenvalue weighted by Crippen LogP contribution is 2.28. The molecular formula is C12H16N2O2S3. The van der Waals surface area contributed by atoms with Crippen LogP contribution in [-0.4, -0.2) is 26.0 Å². The van der Waals surface area contributed by atoms with E-state index in [9.17, 15) is 8.42 Å². The summed E-state index contributed by atoms with van der Waals surface area (Å²) in [5, 5.41) is 9.29. The first-order chi connectivity index (χ1) is 9.05. The van der Waals surface area contributed by atoms with Gasteiger partial charge in [0.25, 0.3) is 0 Å². The van der Waals surface area contributed by atoms with Crippen molar-refractivity contribution in [2.45, 2.75) is 41.2 Å². The van der Waals surface area contributed by atoms with Crippen molar-refractivity contribution in [3.8, 4) is 6.07 Å². The topological polar surface area (TPSA) is 70.0 Å². The Kier molecular flexibility index (Phi) is 4.90. The number of nitriles is 1. The molecule has 0 saturated heterocycles. The van der Waals surface area contributed by atoms with Crippen LogP contribution in [0.2, 0.25) is 0 Å². The SMILES string of the molecule is CSC1CCCC(NS(=O)(=O)c2ccc(C#N)s2)C1. The van der Waals surface area contributed by atoms with Crippen LogP contribution in [0, 0.1) is 11.3 Å². The van der Waals surface area contributed by atoms with Crippen molar-refractivity contribution >= 4 is 33.1 Å². The third kappa shape index (κ3) is 3.72. The lowest BCUT2D eigenvalue weighted by Gasteiger charge is -2.28. The lowest BCUT2D eigenvalue weighted by molar-refractivity contribution is 0.421. The summed E-state index contributed by atoms with van der Waals surface area (Å²) >= 11 is 2.82. The summed E-state index contributed by atoms with van der Waals surface area (Å²) < 4.78 is 27.4. The molecule has 1 heterocycles. The fourth-order valence-electron chi connectivity index (χ4n) is 2.27. The average molecular weight is 316 g/mol. The molecule has 1 aromatic rings. The van der Waals surface area contributed by atoms with Gasteiger partial charge in [0.05, 0.1) is 0 Å². The maximum Gasteiger partial charge on any atom is 0.250 e. The van der Waals surface area contributed by atoms with Gasteiger partial charge in [0.2, 0.25) is 10.0 Å². The zero-order valence-corrected chi connectivity index (χ0v) is 13.1. The van der Waals surface area contributed by atoms with Crippen LogP contribution in [0.1, 0.15) is 30.6 Å². The predicted octanol–water partition coefficient (Wildman–Crippen LogP) is 2.57. The Morgan fingerprint density at radius 3 is 2.89 bits per heavy atom. The molecule has 7 heteroatoms. The lowest BCUT2D eigenvalue weighted by atomic mass is 9.96. The second-order valence-corrected chi connectivity index (χ2v) is 8.74. The summed E-state index contributed by atoms with van der Waals surface area (Å²) in [6.07, 6.45) is 6.08. The number of thioether (sulfide) groups is 1. The van der Waals surface area contributed by atoms with E-state index in [0.29, 0.717) is 10.1 Å². The molecule has 1 aliphatic rings. The number of hydrogen-bond donors (Lipinski definition) is 1. The molecule has 1 N–H and O–H groups in total. The Morgan fingerprint density at radius 1 is 1.47 bits per heavy atom. The van der Waals surface area contributed by atoms with Crippen molar-refractivity contribution in [1.29, 1.82) is 5.26 Å². The molecule has 0 bridgehead atoms. The fraction of sp³-hybridized carbons (Fsp3) is 0.583. The Bertz CT molecular complexity index is 574. The monoisotopic (exact) mass is 316 g/mol. The molecule has 2 unspecified atom stereocenters. The van der Waals surface area contributed by atoms with Crippen molar-refractivity contribution in [2.75, 3.05) is 6.26 Å². The first-order valence-corrected chi connectivity index (χ1v) is 9.69. The van der Waals surface area contributed by atoms with Crippen LogP contribution in [0.15, 0.2) is 16.3 Å². The molecule has 0 radical (unpaired) electrons. The lowest BCUT2D eigenvalue weighted by Crippen LogP contribution is -2.38. The van der Waals surface area contributed by atoms with E-state index in [0.717, 1.165) is 37.0 Å². The first kappa shape index (κ1) is 14.9. The van der Waals surface area contributed by atoms with Crippen molar-refractivity contribution < 1.29 is 8.42 Å². The molecule has 1 aliphatic carbocycles. The van der Waals surface area contributed by atoms with Gasteiger partial charge >= 0.3 is 0 Å². The molecule has 0 aromatic carbocycles. The third-order valence-electron chi connectivity index (χ3n) is 3.24. The van der Waals surface area contributed by atoms with E-state index < -0.39 is 10.0 Å². The summed E-state index contributed by atoms with van der Waals surface area (Å²) in [7, 11) is -3.47. The van der Waals surface area contributed by atoms with Crippen molar-refractivity contribution in [2.24, 2.45) is 0 Å². The van der Waals surface area contributed by atoms with Gasteiger partial charge in [-0.2, -0.15) is 17.0 Å². The van der Waals surface area contributed by atoms with Crippen molar-refractivity contribution in [3.63, 3.8) is 0 Å². The quantitative estimate of drug-likeness (QED) is 0.927. The summed E-state index contributed by atoms with van der Waals surface area (Å²) in [5.41, 5.74) is 0. The molecule has 0 spiro atoms. The van der Waals surface area contributed by atoms with Crippen LogP contribution in [0.5, 0.6) is 0 Å². The van der Waals surface area contributed by atoms with Gasteiger partial charge in [-0.15, -0.1) is 11.3 Å². The molecule has 1 saturated carbocycles. The Morgan fingerprint density at radius 2 is 2.26 bits per heavy atom. The highest BCUT2D eigenvalue weighted by molar-refractivity contribution is 7.99. The normalized spacial score (nSPS) is 24.0. The van der Waals surface area contributed by atoms with Gasteiger partial charge in [0.1, 0.15) is 15.2 Å². The first-order valence-electron chi connectivity index (χ1n) is 6.10. The number of nitrogens with zero attached hydrogens (tertiary/aromatic N) is 1. The third-order valence-corrected chi connectivity index (χ3v) is 7.33. The smallest absolute Gasteiger partial charge is 0.207 e. The van der Waals surface area contributed by atoms with Crippen molar-refractivity contribution in [1.82, 2.24) is 4.72 Å². The maximum atomic E-state index is 12.2. The second-order valence-electron chi connectivity index (χ2n) is 4.57. The van der Waals surface area contributed by atoms with Crippen LogP contribution in [-0.2, 0) is 10.0 Å². The van der Waals surface area contributed by atoms with Gasteiger partial charge in [-0.3, -0.25) is 0 Å².